The first kappa shape index (κ1) is 13.5. The Hall–Kier alpha value is -0.470. The quantitative estimate of drug-likeness (QED) is 0.778. The Bertz CT molecular complexity index is 400. The summed E-state index contributed by atoms with van der Waals surface area (Å²) in [5.74, 6) is 0. The van der Waals surface area contributed by atoms with Crippen LogP contribution in [0.3, 0.4) is 0 Å². The maximum absolute atomic E-state index is 3.66. The molecule has 2 heteroatoms. The highest BCUT2D eigenvalue weighted by Crippen LogP contribution is 2.49. The largest absolute Gasteiger partial charge is 0.316 e. The van der Waals surface area contributed by atoms with Crippen LogP contribution in [0.5, 0.6) is 0 Å². The van der Waals surface area contributed by atoms with Crippen LogP contribution >= 0.6 is 11.8 Å². The molecule has 0 saturated heterocycles. The average molecular weight is 275 g/mol. The summed E-state index contributed by atoms with van der Waals surface area (Å²) in [6, 6.07) is 8.97. The van der Waals surface area contributed by atoms with Crippen LogP contribution in [-0.2, 0) is 6.42 Å². The summed E-state index contributed by atoms with van der Waals surface area (Å²) in [4.78, 5) is 1.53. The highest BCUT2D eigenvalue weighted by molar-refractivity contribution is 8.00. The lowest BCUT2D eigenvalue weighted by atomic mass is 9.65. The highest BCUT2D eigenvalue weighted by atomic mass is 32.2. The van der Waals surface area contributed by atoms with E-state index in [1.54, 1.807) is 5.56 Å². The molecule has 1 aliphatic carbocycles. The number of benzene rings is 1. The van der Waals surface area contributed by atoms with Gasteiger partial charge in [-0.25, -0.2) is 0 Å². The van der Waals surface area contributed by atoms with Crippen molar-refractivity contribution in [3.63, 3.8) is 0 Å². The first-order valence-corrected chi connectivity index (χ1v) is 8.65. The molecule has 1 aliphatic heterocycles. The van der Waals surface area contributed by atoms with E-state index in [0.29, 0.717) is 5.41 Å². The van der Waals surface area contributed by atoms with Gasteiger partial charge in [0.1, 0.15) is 0 Å². The molecular formula is C17H25NS. The summed E-state index contributed by atoms with van der Waals surface area (Å²) < 4.78 is 0. The third-order valence-corrected chi connectivity index (χ3v) is 6.03. The Labute approximate surface area is 121 Å². The lowest BCUT2D eigenvalue weighted by Crippen LogP contribution is -2.42. The van der Waals surface area contributed by atoms with Gasteiger partial charge in [0.25, 0.3) is 0 Å². The number of rotatable bonds is 6. The predicted octanol–water partition coefficient (Wildman–Crippen LogP) is 4.26. The summed E-state index contributed by atoms with van der Waals surface area (Å²) in [6.07, 6.45) is 8.27. The molecule has 1 N–H and O–H groups in total. The molecule has 0 bridgehead atoms. The van der Waals surface area contributed by atoms with Gasteiger partial charge in [-0.2, -0.15) is 0 Å². The number of fused-ring (bicyclic) bond motifs is 1. The van der Waals surface area contributed by atoms with Crippen molar-refractivity contribution in [3.05, 3.63) is 29.8 Å². The Kier molecular flexibility index (Phi) is 4.18. The molecule has 0 aromatic heterocycles. The molecule has 0 radical (unpaired) electrons. The fourth-order valence-corrected chi connectivity index (χ4v) is 5.03. The monoisotopic (exact) mass is 275 g/mol. The van der Waals surface area contributed by atoms with Crippen LogP contribution in [0.15, 0.2) is 29.2 Å². The van der Waals surface area contributed by atoms with Crippen LogP contribution in [0.1, 0.15) is 44.6 Å². The normalized spacial score (nSPS) is 23.9. The molecule has 1 aromatic rings. The average Bonchev–Trinajstić information content (AvgIpc) is 2.78. The third kappa shape index (κ3) is 3.00. The zero-order chi connectivity index (χ0) is 13.1. The molecule has 1 heterocycles. The molecule has 0 amide bonds. The summed E-state index contributed by atoms with van der Waals surface area (Å²) in [7, 11) is 0. The van der Waals surface area contributed by atoms with E-state index in [1.165, 1.54) is 56.5 Å². The van der Waals surface area contributed by atoms with Gasteiger partial charge >= 0.3 is 0 Å². The van der Waals surface area contributed by atoms with Gasteiger partial charge in [-0.3, -0.25) is 0 Å². The highest BCUT2D eigenvalue weighted by Gasteiger charge is 2.39. The summed E-state index contributed by atoms with van der Waals surface area (Å²) in [6.45, 7) is 4.68. The Morgan fingerprint density at radius 2 is 2.16 bits per heavy atom. The van der Waals surface area contributed by atoms with E-state index in [-0.39, 0.29) is 0 Å². The van der Waals surface area contributed by atoms with E-state index in [2.05, 4.69) is 48.3 Å². The van der Waals surface area contributed by atoms with Crippen LogP contribution < -0.4 is 5.32 Å². The summed E-state index contributed by atoms with van der Waals surface area (Å²) >= 11 is 2.12. The zero-order valence-corrected chi connectivity index (χ0v) is 12.8. The molecule has 2 aliphatic rings. The van der Waals surface area contributed by atoms with Crippen molar-refractivity contribution in [1.82, 2.24) is 5.32 Å². The van der Waals surface area contributed by atoms with Crippen molar-refractivity contribution in [2.24, 2.45) is 5.41 Å². The van der Waals surface area contributed by atoms with Gasteiger partial charge in [-0.05, 0) is 55.7 Å². The van der Waals surface area contributed by atoms with Gasteiger partial charge in [-0.15, -0.1) is 11.8 Å². The summed E-state index contributed by atoms with van der Waals surface area (Å²) in [5.41, 5.74) is 2.20. The first-order chi connectivity index (χ1) is 9.31. The minimum Gasteiger partial charge on any atom is -0.316 e. The zero-order valence-electron chi connectivity index (χ0n) is 12.0. The van der Waals surface area contributed by atoms with Crippen molar-refractivity contribution in [3.8, 4) is 0 Å². The van der Waals surface area contributed by atoms with Crippen LogP contribution in [0.4, 0.5) is 0 Å². The Morgan fingerprint density at radius 3 is 2.84 bits per heavy atom. The minimum atomic E-state index is 0.620. The maximum atomic E-state index is 3.66. The van der Waals surface area contributed by atoms with Crippen molar-refractivity contribution < 1.29 is 0 Å². The molecule has 0 spiro atoms. The summed E-state index contributed by atoms with van der Waals surface area (Å²) in [5, 5.41) is 4.48. The molecule has 1 fully saturated rings. The van der Waals surface area contributed by atoms with E-state index in [0.717, 1.165) is 5.25 Å². The van der Waals surface area contributed by atoms with Crippen LogP contribution in [0, 0.1) is 5.41 Å². The van der Waals surface area contributed by atoms with Crippen molar-refractivity contribution >= 4 is 11.8 Å². The maximum Gasteiger partial charge on any atom is 0.0141 e. The number of hydrogen-bond acceptors (Lipinski definition) is 2. The van der Waals surface area contributed by atoms with Gasteiger partial charge in [0.15, 0.2) is 0 Å². The van der Waals surface area contributed by atoms with E-state index in [4.69, 9.17) is 0 Å². The van der Waals surface area contributed by atoms with Crippen molar-refractivity contribution in [2.75, 3.05) is 13.1 Å². The van der Waals surface area contributed by atoms with Crippen LogP contribution in [0.2, 0.25) is 0 Å². The minimum absolute atomic E-state index is 0.620. The molecule has 1 unspecified atom stereocenters. The van der Waals surface area contributed by atoms with Gasteiger partial charge in [-0.1, -0.05) is 31.5 Å². The molecule has 19 heavy (non-hydrogen) atoms. The number of hydrogen-bond donors (Lipinski definition) is 1. The second kappa shape index (κ2) is 5.88. The Balaban J connectivity index is 1.56. The molecule has 1 nitrogen and oxygen atoms in total. The predicted molar refractivity (Wildman–Crippen MR) is 83.9 cm³/mol. The van der Waals surface area contributed by atoms with Crippen molar-refractivity contribution in [2.45, 2.75) is 55.6 Å². The van der Waals surface area contributed by atoms with E-state index in [1.807, 2.05) is 0 Å². The smallest absolute Gasteiger partial charge is 0.0141 e. The van der Waals surface area contributed by atoms with E-state index in [9.17, 15) is 0 Å². The molecular weight excluding hydrogens is 250 g/mol. The fraction of sp³-hybridized carbons (Fsp3) is 0.647. The lowest BCUT2D eigenvalue weighted by molar-refractivity contribution is 0.117. The van der Waals surface area contributed by atoms with Crippen molar-refractivity contribution in [1.29, 1.82) is 0 Å². The van der Waals surface area contributed by atoms with Gasteiger partial charge < -0.3 is 5.32 Å². The molecule has 1 saturated carbocycles. The third-order valence-electron chi connectivity index (χ3n) is 4.72. The Morgan fingerprint density at radius 1 is 1.32 bits per heavy atom. The van der Waals surface area contributed by atoms with Crippen LogP contribution in [-0.4, -0.2) is 18.3 Å². The molecule has 3 rings (SSSR count). The number of nitrogens with one attached hydrogen (secondary N) is 1. The van der Waals surface area contributed by atoms with Crippen LogP contribution in [0.25, 0.3) is 0 Å². The number of thioether (sulfide) groups is 1. The second-order valence-electron chi connectivity index (χ2n) is 6.29. The van der Waals surface area contributed by atoms with Gasteiger partial charge in [0.2, 0.25) is 0 Å². The second-order valence-corrected chi connectivity index (χ2v) is 7.63. The van der Waals surface area contributed by atoms with E-state index >= 15 is 0 Å². The SMILES string of the molecule is CCCNCC1(CC2Cc3ccccc3S2)CCC1. The standard InChI is InChI=1S/C17H25NS/c1-2-10-18-13-17(8-5-9-17)12-15-11-14-6-3-4-7-16(14)19-15/h3-4,6-7,15,18H,2,5,8-13H2,1H3. The van der Waals surface area contributed by atoms with E-state index < -0.39 is 0 Å². The first-order valence-electron chi connectivity index (χ1n) is 7.77. The fourth-order valence-electron chi connectivity index (χ4n) is 3.51. The van der Waals surface area contributed by atoms with Gasteiger partial charge in [0, 0.05) is 16.7 Å². The topological polar surface area (TPSA) is 12.0 Å². The lowest BCUT2D eigenvalue weighted by Gasteiger charge is -2.44. The molecule has 1 atom stereocenters. The molecule has 1 aromatic carbocycles. The van der Waals surface area contributed by atoms with Gasteiger partial charge in [0.05, 0.1) is 0 Å². The molecule has 104 valence electrons.